The van der Waals surface area contributed by atoms with Crippen LogP contribution in [0.25, 0.3) is 21.6 Å². The van der Waals surface area contributed by atoms with Gasteiger partial charge in [0, 0.05) is 25.0 Å². The van der Waals surface area contributed by atoms with E-state index in [1.165, 1.54) is 35.3 Å². The minimum atomic E-state index is -4.84. The summed E-state index contributed by atoms with van der Waals surface area (Å²) in [7, 11) is 0. The molecule has 1 aliphatic rings. The molecule has 220 valence electrons. The molecule has 0 spiro atoms. The zero-order valence-electron chi connectivity index (χ0n) is 21.3. The molecule has 1 fully saturated rings. The van der Waals surface area contributed by atoms with Gasteiger partial charge in [-0.2, -0.15) is 5.10 Å². The van der Waals surface area contributed by atoms with Crippen molar-refractivity contribution in [1.82, 2.24) is 24.6 Å². The fourth-order valence-electron chi connectivity index (χ4n) is 4.23. The standard InChI is InChI=1S/C24H21F3N8O6S/c25-24(26,27)41-13-3-1-12(2-4-13)31-22(39)33-23-29-11-17(42-23)16-9-14(21(37)38)15-10-30-35(19(15)32-16)20(18(28)36)34-5-7-40-8-6-34/h1-4,9-11,20H,5-8H2,(H2,28,36)(H,37,38)(H2,29,31,33,39). The Hall–Kier alpha value is -4.81. The smallest absolute Gasteiger partial charge is 0.478 e. The highest BCUT2D eigenvalue weighted by molar-refractivity contribution is 7.19. The third kappa shape index (κ3) is 6.40. The molecule has 3 aromatic heterocycles. The lowest BCUT2D eigenvalue weighted by atomic mass is 10.1. The normalized spacial score (nSPS) is 14.8. The summed E-state index contributed by atoms with van der Waals surface area (Å²) in [6.07, 6.45) is -3.20. The van der Waals surface area contributed by atoms with Gasteiger partial charge in [0.1, 0.15) is 5.75 Å². The maximum atomic E-state index is 12.5. The number of hydrogen-bond donors (Lipinski definition) is 4. The lowest BCUT2D eigenvalue weighted by molar-refractivity contribution is -0.274. The van der Waals surface area contributed by atoms with E-state index in [1.54, 1.807) is 4.90 Å². The Morgan fingerprint density at radius 3 is 2.48 bits per heavy atom. The lowest BCUT2D eigenvalue weighted by Crippen LogP contribution is -2.47. The second kappa shape index (κ2) is 11.6. The first-order valence-electron chi connectivity index (χ1n) is 12.1. The molecule has 3 amide bonds. The largest absolute Gasteiger partial charge is 0.573 e. The van der Waals surface area contributed by atoms with E-state index in [-0.39, 0.29) is 33.1 Å². The van der Waals surface area contributed by atoms with Crippen molar-refractivity contribution in [2.45, 2.75) is 12.5 Å². The van der Waals surface area contributed by atoms with Gasteiger partial charge in [0.05, 0.1) is 40.9 Å². The van der Waals surface area contributed by atoms with Crippen molar-refractivity contribution < 1.29 is 42.1 Å². The van der Waals surface area contributed by atoms with Crippen LogP contribution in [0.4, 0.5) is 28.8 Å². The van der Waals surface area contributed by atoms with Crippen LogP contribution in [0.1, 0.15) is 16.5 Å². The summed E-state index contributed by atoms with van der Waals surface area (Å²) in [5.74, 6) is -2.40. The average molecular weight is 607 g/mol. The number of halogens is 3. The number of hydrogen-bond acceptors (Lipinski definition) is 10. The Bertz CT molecular complexity index is 1640. The highest BCUT2D eigenvalue weighted by Gasteiger charge is 2.32. The third-order valence-corrected chi connectivity index (χ3v) is 6.93. The molecule has 0 aliphatic carbocycles. The Morgan fingerprint density at radius 1 is 1.12 bits per heavy atom. The summed E-state index contributed by atoms with van der Waals surface area (Å²) >= 11 is 0.982. The van der Waals surface area contributed by atoms with Gasteiger partial charge < -0.3 is 25.6 Å². The number of carboxylic acids is 1. The van der Waals surface area contributed by atoms with E-state index < -0.39 is 36.2 Å². The number of carbonyl (C=O) groups is 3. The van der Waals surface area contributed by atoms with Gasteiger partial charge in [0.15, 0.2) is 16.9 Å². The van der Waals surface area contributed by atoms with Crippen LogP contribution in [0.5, 0.6) is 5.75 Å². The highest BCUT2D eigenvalue weighted by Crippen LogP contribution is 2.32. The summed E-state index contributed by atoms with van der Waals surface area (Å²) in [6, 6.07) is 5.12. The van der Waals surface area contributed by atoms with Gasteiger partial charge in [-0.15, -0.1) is 13.2 Å². The first kappa shape index (κ1) is 28.7. The molecule has 1 aromatic carbocycles. The number of nitrogens with zero attached hydrogens (tertiary/aromatic N) is 5. The van der Waals surface area contributed by atoms with Gasteiger partial charge in [0.25, 0.3) is 5.91 Å². The monoisotopic (exact) mass is 606 g/mol. The number of urea groups is 1. The summed E-state index contributed by atoms with van der Waals surface area (Å²) in [4.78, 5) is 47.8. The van der Waals surface area contributed by atoms with Crippen molar-refractivity contribution in [2.75, 3.05) is 36.9 Å². The van der Waals surface area contributed by atoms with E-state index in [2.05, 4.69) is 30.4 Å². The molecule has 4 heterocycles. The van der Waals surface area contributed by atoms with Gasteiger partial charge in [-0.25, -0.2) is 24.2 Å². The number of primary amides is 1. The number of amides is 3. The van der Waals surface area contributed by atoms with Crippen molar-refractivity contribution >= 4 is 51.1 Å². The van der Waals surface area contributed by atoms with Gasteiger partial charge in [-0.05, 0) is 30.3 Å². The Kier molecular flexibility index (Phi) is 7.92. The van der Waals surface area contributed by atoms with Crippen molar-refractivity contribution in [3.63, 3.8) is 0 Å². The molecule has 5 N–H and O–H groups in total. The number of fused-ring (bicyclic) bond motifs is 1. The van der Waals surface area contributed by atoms with Crippen LogP contribution < -0.4 is 21.1 Å². The number of aromatic nitrogens is 4. The third-order valence-electron chi connectivity index (χ3n) is 6.00. The van der Waals surface area contributed by atoms with E-state index in [0.29, 0.717) is 31.2 Å². The van der Waals surface area contributed by atoms with Crippen LogP contribution >= 0.6 is 11.3 Å². The van der Waals surface area contributed by atoms with Crippen LogP contribution in [-0.4, -0.2) is 80.3 Å². The molecule has 1 saturated heterocycles. The first-order valence-corrected chi connectivity index (χ1v) is 12.9. The molecule has 1 unspecified atom stereocenters. The van der Waals surface area contributed by atoms with E-state index in [4.69, 9.17) is 10.5 Å². The van der Waals surface area contributed by atoms with Crippen molar-refractivity contribution in [3.05, 3.63) is 48.3 Å². The Labute approximate surface area is 237 Å². The molecule has 0 saturated carbocycles. The van der Waals surface area contributed by atoms with Crippen LogP contribution in [0.2, 0.25) is 0 Å². The molecule has 1 aliphatic heterocycles. The number of thiazole rings is 1. The number of ether oxygens (including phenoxy) is 2. The van der Waals surface area contributed by atoms with E-state index in [0.717, 1.165) is 23.5 Å². The molecule has 14 nitrogen and oxygen atoms in total. The predicted octanol–water partition coefficient (Wildman–Crippen LogP) is 3.11. The van der Waals surface area contributed by atoms with Crippen LogP contribution in [0.3, 0.4) is 0 Å². The summed E-state index contributed by atoms with van der Waals surface area (Å²) in [5, 5.41) is 19.4. The molecule has 5 rings (SSSR count). The SMILES string of the molecule is NC(=O)C(N1CCOCC1)n1ncc2c(C(=O)O)cc(-c3cnc(NC(=O)Nc4ccc(OC(F)(F)F)cc4)s3)nc21. The second-order valence-electron chi connectivity index (χ2n) is 8.79. The number of carbonyl (C=O) groups excluding carboxylic acids is 2. The maximum Gasteiger partial charge on any atom is 0.573 e. The number of rotatable bonds is 8. The number of anilines is 2. The fraction of sp³-hybridized carbons (Fsp3) is 0.250. The fourth-order valence-corrected chi connectivity index (χ4v) is 5.00. The van der Waals surface area contributed by atoms with Crippen molar-refractivity contribution in [3.8, 4) is 16.3 Å². The number of alkyl halides is 3. The van der Waals surface area contributed by atoms with Gasteiger partial charge in [-0.1, -0.05) is 11.3 Å². The minimum absolute atomic E-state index is 0.110. The first-order chi connectivity index (χ1) is 20.0. The number of nitrogens with two attached hydrogens (primary N) is 1. The van der Waals surface area contributed by atoms with E-state index in [1.807, 2.05) is 0 Å². The number of pyridine rings is 1. The van der Waals surface area contributed by atoms with Crippen LogP contribution in [-0.2, 0) is 9.53 Å². The molecule has 0 bridgehead atoms. The average Bonchev–Trinajstić information content (AvgIpc) is 3.56. The maximum absolute atomic E-state index is 12.5. The topological polar surface area (TPSA) is 187 Å². The summed E-state index contributed by atoms with van der Waals surface area (Å²) in [6.45, 7) is 1.56. The second-order valence-corrected chi connectivity index (χ2v) is 9.82. The predicted molar refractivity (Wildman–Crippen MR) is 142 cm³/mol. The van der Waals surface area contributed by atoms with E-state index in [9.17, 15) is 32.7 Å². The summed E-state index contributed by atoms with van der Waals surface area (Å²) < 4.78 is 47.4. The minimum Gasteiger partial charge on any atom is -0.478 e. The molecule has 4 aromatic rings. The van der Waals surface area contributed by atoms with Gasteiger partial charge >= 0.3 is 18.4 Å². The number of nitrogens with one attached hydrogen (secondary N) is 2. The zero-order valence-corrected chi connectivity index (χ0v) is 22.1. The van der Waals surface area contributed by atoms with Crippen molar-refractivity contribution in [1.29, 1.82) is 0 Å². The van der Waals surface area contributed by atoms with Crippen LogP contribution in [0.15, 0.2) is 42.7 Å². The quantitative estimate of drug-likeness (QED) is 0.232. The van der Waals surface area contributed by atoms with Gasteiger partial charge in [0.2, 0.25) is 0 Å². The molecule has 18 heteroatoms. The number of aromatic carboxylic acids is 1. The van der Waals surface area contributed by atoms with Crippen LogP contribution in [0, 0.1) is 0 Å². The highest BCUT2D eigenvalue weighted by atomic mass is 32.1. The number of carboxylic acid groups (broad SMARTS) is 1. The molecular weight excluding hydrogens is 585 g/mol. The molecule has 42 heavy (non-hydrogen) atoms. The van der Waals surface area contributed by atoms with E-state index >= 15 is 0 Å². The zero-order chi connectivity index (χ0) is 30.0. The summed E-state index contributed by atoms with van der Waals surface area (Å²) in [5.41, 5.74) is 6.07. The Morgan fingerprint density at radius 2 is 1.83 bits per heavy atom. The Balaban J connectivity index is 1.38. The lowest BCUT2D eigenvalue weighted by Gasteiger charge is -2.32. The number of morpholine rings is 1. The van der Waals surface area contributed by atoms with Crippen molar-refractivity contribution in [2.24, 2.45) is 5.73 Å². The van der Waals surface area contributed by atoms with Gasteiger partial charge in [-0.3, -0.25) is 15.0 Å². The molecule has 0 radical (unpaired) electrons. The number of benzene rings is 1. The molecule has 1 atom stereocenters. The molecular formula is C24H21F3N8O6S.